The average Bonchev–Trinajstić information content (AvgIpc) is 3.62. The first-order chi connectivity index (χ1) is 20.7. The number of carbonyl (C=O) groups excluding carboxylic acids is 2. The van der Waals surface area contributed by atoms with Crippen LogP contribution in [0.2, 0.25) is 0 Å². The largest absolute Gasteiger partial charge is 0.462 e. The van der Waals surface area contributed by atoms with E-state index in [0.717, 1.165) is 52.4 Å². The second-order valence-electron chi connectivity index (χ2n) is 10.3. The third-order valence-corrected chi connectivity index (χ3v) is 7.92. The zero-order chi connectivity index (χ0) is 31.3. The second-order valence-corrected chi connectivity index (χ2v) is 10.3. The molecule has 43 heavy (non-hydrogen) atoms. The van der Waals surface area contributed by atoms with Gasteiger partial charge in [0.15, 0.2) is 0 Å². The monoisotopic (exact) mass is 589 g/mol. The Balaban J connectivity index is 0.00000102. The first-order valence-electron chi connectivity index (χ1n) is 15.0. The maximum atomic E-state index is 13.0. The van der Waals surface area contributed by atoms with Crippen molar-refractivity contribution in [2.24, 2.45) is 5.92 Å². The number of fused-ring (bicyclic) bond motifs is 3. The Morgan fingerprint density at radius 3 is 2.02 bits per heavy atom. The Hall–Kier alpha value is -4.13. The lowest BCUT2D eigenvalue weighted by atomic mass is 9.88. The number of rotatable bonds is 5. The van der Waals surface area contributed by atoms with Gasteiger partial charge in [-0.1, -0.05) is 76.2 Å². The predicted molar refractivity (Wildman–Crippen MR) is 166 cm³/mol. The Labute approximate surface area is 251 Å². The lowest BCUT2D eigenvalue weighted by Gasteiger charge is -2.23. The van der Waals surface area contributed by atoms with E-state index in [1.165, 1.54) is 17.7 Å². The summed E-state index contributed by atoms with van der Waals surface area (Å²) in [7, 11) is 0. The minimum absolute atomic E-state index is 0.101. The van der Waals surface area contributed by atoms with Crippen molar-refractivity contribution in [2.45, 2.75) is 65.6 Å². The summed E-state index contributed by atoms with van der Waals surface area (Å²) < 4.78 is 44.3. The third-order valence-electron chi connectivity index (χ3n) is 7.92. The zero-order valence-corrected chi connectivity index (χ0v) is 25.2. The molecule has 4 nitrogen and oxygen atoms in total. The number of amides is 1. The van der Waals surface area contributed by atoms with Gasteiger partial charge >= 0.3 is 12.1 Å². The fourth-order valence-corrected chi connectivity index (χ4v) is 5.96. The van der Waals surface area contributed by atoms with Gasteiger partial charge in [0.05, 0.1) is 17.7 Å². The van der Waals surface area contributed by atoms with Gasteiger partial charge in [0.1, 0.15) is 0 Å². The summed E-state index contributed by atoms with van der Waals surface area (Å²) in [4.78, 5) is 24.6. The standard InChI is InChI=1S/C32H26F3NO3.2C2H6/c1-2-39-31(38)24-14-22-13-21(18-7-10-25(11-8-18)32(33,34)35)9-12-26(22)27(16-24)19-3-5-20(6-4-19)28-15-23-17-29(28)36-30(23)37;2*1-2/h3-14,16,23,28-29H,2,15,17H2,1H3,(H,36,37);2*1-2H3. The van der Waals surface area contributed by atoms with Crippen LogP contribution >= 0.6 is 0 Å². The maximum absolute atomic E-state index is 13.0. The first-order valence-corrected chi connectivity index (χ1v) is 15.0. The molecule has 1 saturated heterocycles. The molecule has 1 aliphatic heterocycles. The Kier molecular flexibility index (Phi) is 9.95. The highest BCUT2D eigenvalue weighted by Gasteiger charge is 2.45. The van der Waals surface area contributed by atoms with Gasteiger partial charge in [-0.25, -0.2) is 4.79 Å². The van der Waals surface area contributed by atoms with Gasteiger partial charge in [-0.15, -0.1) is 0 Å². The van der Waals surface area contributed by atoms with Crippen molar-refractivity contribution >= 4 is 22.6 Å². The molecular weight excluding hydrogens is 551 g/mol. The molecule has 4 aromatic rings. The topological polar surface area (TPSA) is 55.4 Å². The number of benzene rings is 4. The van der Waals surface area contributed by atoms with E-state index in [2.05, 4.69) is 17.4 Å². The molecule has 0 spiro atoms. The Bertz CT molecular complexity index is 1580. The normalized spacial score (nSPS) is 18.7. The van der Waals surface area contributed by atoms with Crippen LogP contribution in [0.4, 0.5) is 13.2 Å². The van der Waals surface area contributed by atoms with Gasteiger partial charge in [-0.3, -0.25) is 4.79 Å². The number of ether oxygens (including phenoxy) is 1. The summed E-state index contributed by atoms with van der Waals surface area (Å²) in [6.45, 7) is 9.99. The van der Waals surface area contributed by atoms with Gasteiger partial charge in [-0.2, -0.15) is 13.2 Å². The van der Waals surface area contributed by atoms with Crippen LogP contribution in [0.5, 0.6) is 0 Å². The fourth-order valence-electron chi connectivity index (χ4n) is 5.96. The minimum Gasteiger partial charge on any atom is -0.462 e. The molecule has 1 heterocycles. The molecule has 1 amide bonds. The molecule has 1 aliphatic carbocycles. The van der Waals surface area contributed by atoms with Crippen LogP contribution in [0.25, 0.3) is 33.0 Å². The van der Waals surface area contributed by atoms with Crippen molar-refractivity contribution in [2.75, 3.05) is 6.61 Å². The van der Waals surface area contributed by atoms with Crippen molar-refractivity contribution in [1.82, 2.24) is 5.32 Å². The molecule has 2 aliphatic rings. The summed E-state index contributed by atoms with van der Waals surface area (Å²) in [5, 5.41) is 4.79. The molecule has 3 atom stereocenters. The summed E-state index contributed by atoms with van der Waals surface area (Å²) in [6, 6.07) is 22.8. The van der Waals surface area contributed by atoms with E-state index in [9.17, 15) is 22.8 Å². The van der Waals surface area contributed by atoms with Crippen LogP contribution in [0.15, 0.2) is 78.9 Å². The van der Waals surface area contributed by atoms with Crippen molar-refractivity contribution in [3.63, 3.8) is 0 Å². The molecular formula is C36H38F3NO3. The lowest BCUT2D eigenvalue weighted by molar-refractivity contribution is -0.137. The number of esters is 1. The van der Waals surface area contributed by atoms with Crippen molar-refractivity contribution in [3.8, 4) is 22.3 Å². The molecule has 7 heteroatoms. The lowest BCUT2D eigenvalue weighted by Crippen LogP contribution is -2.35. The van der Waals surface area contributed by atoms with Crippen molar-refractivity contribution in [3.05, 3.63) is 95.6 Å². The highest BCUT2D eigenvalue weighted by atomic mass is 19.4. The molecule has 4 aromatic carbocycles. The molecule has 1 N–H and O–H groups in total. The molecule has 2 bridgehead atoms. The highest BCUT2D eigenvalue weighted by Crippen LogP contribution is 2.43. The van der Waals surface area contributed by atoms with Gasteiger partial charge in [0.2, 0.25) is 5.91 Å². The van der Waals surface area contributed by atoms with E-state index in [-0.39, 0.29) is 24.5 Å². The second kappa shape index (κ2) is 13.4. The quantitative estimate of drug-likeness (QED) is 0.236. The Morgan fingerprint density at radius 1 is 0.837 bits per heavy atom. The van der Waals surface area contributed by atoms with Gasteiger partial charge < -0.3 is 10.1 Å². The number of halogens is 3. The van der Waals surface area contributed by atoms with Crippen molar-refractivity contribution < 1.29 is 27.5 Å². The molecule has 2 fully saturated rings. The Morgan fingerprint density at radius 2 is 1.47 bits per heavy atom. The number of piperidine rings is 1. The molecule has 0 aromatic heterocycles. The zero-order valence-electron chi connectivity index (χ0n) is 25.2. The molecule has 226 valence electrons. The molecule has 3 unspecified atom stereocenters. The number of nitrogens with one attached hydrogen (secondary N) is 1. The van der Waals surface area contributed by atoms with Crippen LogP contribution < -0.4 is 5.32 Å². The van der Waals surface area contributed by atoms with E-state index in [4.69, 9.17) is 4.74 Å². The maximum Gasteiger partial charge on any atom is 0.416 e. The summed E-state index contributed by atoms with van der Waals surface area (Å²) in [5.74, 6) is 0.125. The van der Waals surface area contributed by atoms with E-state index < -0.39 is 17.7 Å². The smallest absolute Gasteiger partial charge is 0.416 e. The predicted octanol–water partition coefficient (Wildman–Crippen LogP) is 9.41. The highest BCUT2D eigenvalue weighted by molar-refractivity contribution is 6.04. The van der Waals surface area contributed by atoms with Gasteiger partial charge in [0, 0.05) is 17.9 Å². The number of carbonyl (C=O) groups is 2. The number of alkyl halides is 3. The molecule has 1 saturated carbocycles. The molecule has 6 rings (SSSR count). The minimum atomic E-state index is -4.40. The average molecular weight is 590 g/mol. The SMILES string of the molecule is CC.CC.CCOC(=O)c1cc(-c2ccc(C3CC4CC3NC4=O)cc2)c2ccc(-c3ccc(C(F)(F)F)cc3)cc2c1. The summed E-state index contributed by atoms with van der Waals surface area (Å²) in [5.41, 5.74) is 4.08. The van der Waals surface area contributed by atoms with Gasteiger partial charge in [0.25, 0.3) is 0 Å². The number of hydrogen-bond acceptors (Lipinski definition) is 3. The van der Waals surface area contributed by atoms with E-state index in [1.54, 1.807) is 13.0 Å². The third kappa shape index (κ3) is 6.61. The fraction of sp³-hybridized carbons (Fsp3) is 0.333. The molecule has 0 radical (unpaired) electrons. The first kappa shape index (κ1) is 31.8. The summed E-state index contributed by atoms with van der Waals surface area (Å²) in [6.07, 6.45) is -2.64. The number of hydrogen-bond donors (Lipinski definition) is 1. The van der Waals surface area contributed by atoms with Crippen LogP contribution in [0.1, 0.15) is 74.9 Å². The van der Waals surface area contributed by atoms with Crippen molar-refractivity contribution in [1.29, 1.82) is 0 Å². The van der Waals surface area contributed by atoms with E-state index in [1.807, 2.05) is 64.1 Å². The summed E-state index contributed by atoms with van der Waals surface area (Å²) >= 11 is 0. The van der Waals surface area contributed by atoms with Crippen LogP contribution in [-0.4, -0.2) is 24.5 Å². The van der Waals surface area contributed by atoms with Crippen LogP contribution in [0.3, 0.4) is 0 Å². The van der Waals surface area contributed by atoms with E-state index in [0.29, 0.717) is 17.0 Å². The van der Waals surface area contributed by atoms with Crippen LogP contribution in [0, 0.1) is 5.92 Å². The van der Waals surface area contributed by atoms with E-state index >= 15 is 0 Å². The van der Waals surface area contributed by atoms with Crippen LogP contribution in [-0.2, 0) is 15.7 Å². The van der Waals surface area contributed by atoms with Gasteiger partial charge in [-0.05, 0) is 88.7 Å².